The maximum atomic E-state index is 11.8. The van der Waals surface area contributed by atoms with Gasteiger partial charge >= 0.3 is 0 Å². The summed E-state index contributed by atoms with van der Waals surface area (Å²) in [5.41, 5.74) is -0.657. The largest absolute Gasteiger partial charge is 0.347 e. The lowest BCUT2D eigenvalue weighted by Crippen LogP contribution is -2.56. The van der Waals surface area contributed by atoms with Crippen LogP contribution in [0.5, 0.6) is 0 Å². The Kier molecular flexibility index (Phi) is 5.44. The molecule has 0 saturated heterocycles. The van der Waals surface area contributed by atoms with Crippen LogP contribution >= 0.6 is 0 Å². The first-order valence-corrected chi connectivity index (χ1v) is 5.49. The average Bonchev–Trinajstić information content (AvgIpc) is 2.15. The van der Waals surface area contributed by atoms with Crippen molar-refractivity contribution >= 4 is 11.8 Å². The van der Waals surface area contributed by atoms with E-state index in [1.807, 2.05) is 6.92 Å². The van der Waals surface area contributed by atoms with Gasteiger partial charge in [-0.1, -0.05) is 6.92 Å². The molecule has 0 aliphatic heterocycles. The van der Waals surface area contributed by atoms with E-state index in [0.29, 0.717) is 6.54 Å². The second-order valence-corrected chi connectivity index (χ2v) is 4.58. The van der Waals surface area contributed by atoms with Gasteiger partial charge in [-0.2, -0.15) is 0 Å². The topological polar surface area (TPSA) is 61.4 Å². The summed E-state index contributed by atoms with van der Waals surface area (Å²) < 4.78 is 0. The SMILES string of the molecule is CCNC(C)(C)C(=O)NC(C)C(=O)N(C)C. The normalized spacial score (nSPS) is 13.1. The van der Waals surface area contributed by atoms with Crippen LogP contribution in [0.25, 0.3) is 0 Å². The van der Waals surface area contributed by atoms with Crippen molar-refractivity contribution in [2.45, 2.75) is 39.3 Å². The molecule has 0 saturated carbocycles. The molecule has 0 bridgehead atoms. The molecule has 0 aliphatic rings. The summed E-state index contributed by atoms with van der Waals surface area (Å²) in [6, 6.07) is -0.500. The standard InChI is InChI=1S/C11H23N3O2/c1-7-12-11(3,4)10(16)13-8(2)9(15)14(5)6/h8,12H,7H2,1-6H3,(H,13,16). The van der Waals surface area contributed by atoms with Crippen LogP contribution in [-0.4, -0.2) is 48.9 Å². The minimum Gasteiger partial charge on any atom is -0.347 e. The van der Waals surface area contributed by atoms with Gasteiger partial charge in [-0.05, 0) is 27.3 Å². The van der Waals surface area contributed by atoms with Gasteiger partial charge < -0.3 is 15.5 Å². The second-order valence-electron chi connectivity index (χ2n) is 4.58. The van der Waals surface area contributed by atoms with E-state index in [9.17, 15) is 9.59 Å². The van der Waals surface area contributed by atoms with Gasteiger partial charge in [-0.25, -0.2) is 0 Å². The zero-order chi connectivity index (χ0) is 12.9. The predicted octanol–water partition coefficient (Wildman–Crippen LogP) is -0.0326. The number of hydrogen-bond donors (Lipinski definition) is 2. The minimum absolute atomic E-state index is 0.111. The molecular weight excluding hydrogens is 206 g/mol. The van der Waals surface area contributed by atoms with Crippen molar-refractivity contribution in [2.75, 3.05) is 20.6 Å². The van der Waals surface area contributed by atoms with Crippen LogP contribution in [0.1, 0.15) is 27.7 Å². The molecule has 1 atom stereocenters. The highest BCUT2D eigenvalue weighted by molar-refractivity contribution is 5.91. The second kappa shape index (κ2) is 5.84. The zero-order valence-corrected chi connectivity index (χ0v) is 11.0. The van der Waals surface area contributed by atoms with E-state index in [4.69, 9.17) is 0 Å². The van der Waals surface area contributed by atoms with Crippen molar-refractivity contribution in [2.24, 2.45) is 0 Å². The van der Waals surface area contributed by atoms with E-state index in [1.54, 1.807) is 34.9 Å². The fourth-order valence-corrected chi connectivity index (χ4v) is 1.35. The summed E-state index contributed by atoms with van der Waals surface area (Å²) in [6.45, 7) is 7.90. The summed E-state index contributed by atoms with van der Waals surface area (Å²) in [7, 11) is 3.33. The molecule has 0 aliphatic carbocycles. The van der Waals surface area contributed by atoms with Gasteiger partial charge in [0.15, 0.2) is 0 Å². The lowest BCUT2D eigenvalue weighted by Gasteiger charge is -2.27. The molecule has 1 unspecified atom stereocenters. The first kappa shape index (κ1) is 14.9. The highest BCUT2D eigenvalue weighted by atomic mass is 16.2. The van der Waals surface area contributed by atoms with Gasteiger partial charge in [0.05, 0.1) is 5.54 Å². The highest BCUT2D eigenvalue weighted by Crippen LogP contribution is 2.02. The highest BCUT2D eigenvalue weighted by Gasteiger charge is 2.29. The fourth-order valence-electron chi connectivity index (χ4n) is 1.35. The Labute approximate surface area is 97.6 Å². The molecular formula is C11H23N3O2. The molecule has 0 rings (SSSR count). The molecule has 0 heterocycles. The Morgan fingerprint density at radius 2 is 1.81 bits per heavy atom. The summed E-state index contributed by atoms with van der Waals surface area (Å²) in [6.07, 6.45) is 0. The Morgan fingerprint density at radius 3 is 2.19 bits per heavy atom. The number of rotatable bonds is 5. The summed E-state index contributed by atoms with van der Waals surface area (Å²) in [5, 5.41) is 5.75. The van der Waals surface area contributed by atoms with E-state index in [0.717, 1.165) is 0 Å². The van der Waals surface area contributed by atoms with Crippen molar-refractivity contribution < 1.29 is 9.59 Å². The van der Waals surface area contributed by atoms with E-state index >= 15 is 0 Å². The molecule has 2 N–H and O–H groups in total. The lowest BCUT2D eigenvalue weighted by atomic mass is 10.0. The number of hydrogen-bond acceptors (Lipinski definition) is 3. The third-order valence-corrected chi connectivity index (χ3v) is 2.35. The van der Waals surface area contributed by atoms with E-state index in [2.05, 4.69) is 10.6 Å². The lowest BCUT2D eigenvalue weighted by molar-refractivity contribution is -0.135. The van der Waals surface area contributed by atoms with E-state index < -0.39 is 11.6 Å². The van der Waals surface area contributed by atoms with Crippen LogP contribution in [0.4, 0.5) is 0 Å². The van der Waals surface area contributed by atoms with Crippen LogP contribution in [0.15, 0.2) is 0 Å². The van der Waals surface area contributed by atoms with Crippen LogP contribution < -0.4 is 10.6 Å². The summed E-state index contributed by atoms with van der Waals surface area (Å²) in [5.74, 6) is -0.280. The van der Waals surface area contributed by atoms with Gasteiger partial charge in [-0.15, -0.1) is 0 Å². The zero-order valence-electron chi connectivity index (χ0n) is 11.0. The number of nitrogens with one attached hydrogen (secondary N) is 2. The predicted molar refractivity (Wildman–Crippen MR) is 64.1 cm³/mol. The Bertz CT molecular complexity index is 262. The molecule has 0 aromatic carbocycles. The Hall–Kier alpha value is -1.10. The molecule has 0 radical (unpaired) electrons. The molecule has 5 nitrogen and oxygen atoms in total. The van der Waals surface area contributed by atoms with Gasteiger partial charge in [0.25, 0.3) is 0 Å². The molecule has 0 aromatic heterocycles. The molecule has 94 valence electrons. The van der Waals surface area contributed by atoms with Crippen LogP contribution in [0, 0.1) is 0 Å². The van der Waals surface area contributed by atoms with Gasteiger partial charge in [0, 0.05) is 14.1 Å². The summed E-state index contributed by atoms with van der Waals surface area (Å²) in [4.78, 5) is 24.9. The maximum Gasteiger partial charge on any atom is 0.244 e. The molecule has 16 heavy (non-hydrogen) atoms. The average molecular weight is 229 g/mol. The maximum absolute atomic E-state index is 11.8. The number of nitrogens with zero attached hydrogens (tertiary/aromatic N) is 1. The van der Waals surface area contributed by atoms with E-state index in [-0.39, 0.29) is 11.8 Å². The van der Waals surface area contributed by atoms with Crippen LogP contribution in [-0.2, 0) is 9.59 Å². The first-order chi connectivity index (χ1) is 7.22. The van der Waals surface area contributed by atoms with Crippen molar-refractivity contribution in [3.63, 3.8) is 0 Å². The molecule has 0 spiro atoms. The summed E-state index contributed by atoms with van der Waals surface area (Å²) >= 11 is 0. The van der Waals surface area contributed by atoms with Crippen molar-refractivity contribution in [3.8, 4) is 0 Å². The van der Waals surface area contributed by atoms with Crippen LogP contribution in [0.2, 0.25) is 0 Å². The molecule has 2 amide bonds. The van der Waals surface area contributed by atoms with Gasteiger partial charge in [-0.3, -0.25) is 9.59 Å². The van der Waals surface area contributed by atoms with Gasteiger partial charge in [0.1, 0.15) is 6.04 Å². The van der Waals surface area contributed by atoms with Crippen molar-refractivity contribution in [1.29, 1.82) is 0 Å². The Morgan fingerprint density at radius 1 is 1.31 bits per heavy atom. The smallest absolute Gasteiger partial charge is 0.244 e. The molecule has 0 aromatic rings. The monoisotopic (exact) mass is 229 g/mol. The fraction of sp³-hybridized carbons (Fsp3) is 0.818. The third kappa shape index (κ3) is 4.18. The number of amides is 2. The number of carbonyl (C=O) groups excluding carboxylic acids is 2. The van der Waals surface area contributed by atoms with Crippen LogP contribution in [0.3, 0.4) is 0 Å². The number of likely N-dealkylation sites (N-methyl/N-ethyl adjacent to an activating group) is 2. The minimum atomic E-state index is -0.657. The van der Waals surface area contributed by atoms with Crippen molar-refractivity contribution in [1.82, 2.24) is 15.5 Å². The molecule has 5 heteroatoms. The first-order valence-electron chi connectivity index (χ1n) is 5.49. The number of carbonyl (C=O) groups is 2. The molecule has 0 fully saturated rings. The van der Waals surface area contributed by atoms with E-state index in [1.165, 1.54) is 4.90 Å². The van der Waals surface area contributed by atoms with Crippen molar-refractivity contribution in [3.05, 3.63) is 0 Å². The third-order valence-electron chi connectivity index (χ3n) is 2.35. The van der Waals surface area contributed by atoms with Gasteiger partial charge in [0.2, 0.25) is 11.8 Å². The quantitative estimate of drug-likeness (QED) is 0.696. The Balaban J connectivity index is 4.40.